The van der Waals surface area contributed by atoms with E-state index in [0.29, 0.717) is 5.75 Å². The second-order valence-corrected chi connectivity index (χ2v) is 8.40. The van der Waals surface area contributed by atoms with E-state index >= 15 is 0 Å². The highest BCUT2D eigenvalue weighted by atomic mass is 16.5. The topological polar surface area (TPSA) is 83.7 Å². The van der Waals surface area contributed by atoms with E-state index < -0.39 is 5.97 Å². The van der Waals surface area contributed by atoms with Gasteiger partial charge in [0, 0.05) is 56.6 Å². The molecule has 2 aromatic carbocycles. The van der Waals surface area contributed by atoms with Gasteiger partial charge in [0.05, 0.1) is 22.6 Å². The van der Waals surface area contributed by atoms with Crippen LogP contribution in [0.2, 0.25) is 0 Å². The number of aliphatic carboxylic acids is 1. The summed E-state index contributed by atoms with van der Waals surface area (Å²) >= 11 is 0. The molecule has 1 aliphatic heterocycles. The summed E-state index contributed by atoms with van der Waals surface area (Å²) in [6.45, 7) is 4.04. The van der Waals surface area contributed by atoms with Crippen molar-refractivity contribution in [2.24, 2.45) is 0 Å². The number of rotatable bonds is 7. The summed E-state index contributed by atoms with van der Waals surface area (Å²) in [6.07, 6.45) is 4.81. The molecule has 1 N–H and O–H groups in total. The molecule has 0 atom stereocenters. The van der Waals surface area contributed by atoms with Crippen LogP contribution < -0.4 is 9.64 Å². The summed E-state index contributed by atoms with van der Waals surface area (Å²) in [5.41, 5.74) is 3.99. The number of carboxylic acid groups (broad SMARTS) is 1. The van der Waals surface area contributed by atoms with Gasteiger partial charge in [0.1, 0.15) is 5.75 Å². The Morgan fingerprint density at radius 1 is 1.00 bits per heavy atom. The second-order valence-electron chi connectivity index (χ2n) is 8.40. The third kappa shape index (κ3) is 5.02. The zero-order valence-corrected chi connectivity index (χ0v) is 18.9. The van der Waals surface area contributed by atoms with Crippen molar-refractivity contribution in [3.05, 3.63) is 78.8 Å². The molecule has 0 radical (unpaired) electrons. The monoisotopic (exact) mass is 457 g/mol. The maximum atomic E-state index is 11.0. The molecule has 8 heteroatoms. The largest absolute Gasteiger partial charge is 0.482 e. The molecule has 0 unspecified atom stereocenters. The number of fused-ring (bicyclic) bond motifs is 1. The van der Waals surface area contributed by atoms with E-state index in [0.717, 1.165) is 67.1 Å². The maximum Gasteiger partial charge on any atom is 0.341 e. The molecular weight excluding hydrogens is 430 g/mol. The molecule has 1 fully saturated rings. The summed E-state index contributed by atoms with van der Waals surface area (Å²) in [7, 11) is 0. The summed E-state index contributed by atoms with van der Waals surface area (Å²) in [6, 6.07) is 19.8. The number of pyridine rings is 1. The van der Waals surface area contributed by atoms with Gasteiger partial charge in [-0.05, 0) is 36.8 Å². The van der Waals surface area contributed by atoms with E-state index in [9.17, 15) is 4.79 Å². The predicted molar refractivity (Wildman–Crippen MR) is 131 cm³/mol. The number of ether oxygens (including phenoxy) is 1. The molecule has 174 valence electrons. The molecule has 1 saturated heterocycles. The van der Waals surface area contributed by atoms with Gasteiger partial charge in [-0.2, -0.15) is 5.10 Å². The van der Waals surface area contributed by atoms with Crippen molar-refractivity contribution < 1.29 is 14.6 Å². The van der Waals surface area contributed by atoms with Gasteiger partial charge in [0.15, 0.2) is 6.61 Å². The summed E-state index contributed by atoms with van der Waals surface area (Å²) in [4.78, 5) is 20.3. The van der Waals surface area contributed by atoms with Crippen LogP contribution in [0.3, 0.4) is 0 Å². The van der Waals surface area contributed by atoms with Crippen LogP contribution in [0.25, 0.3) is 16.6 Å². The van der Waals surface area contributed by atoms with Crippen molar-refractivity contribution in [1.82, 2.24) is 19.7 Å². The lowest BCUT2D eigenvalue weighted by atomic mass is 10.1. The van der Waals surface area contributed by atoms with Crippen LogP contribution in [0.5, 0.6) is 5.75 Å². The molecule has 0 aliphatic carbocycles. The Balaban J connectivity index is 1.30. The highest BCUT2D eigenvalue weighted by molar-refractivity contribution is 5.92. The molecule has 8 nitrogen and oxygen atoms in total. The lowest BCUT2D eigenvalue weighted by Crippen LogP contribution is -2.30. The van der Waals surface area contributed by atoms with Gasteiger partial charge < -0.3 is 14.7 Å². The fourth-order valence-corrected chi connectivity index (χ4v) is 4.39. The molecule has 0 bridgehead atoms. The summed E-state index contributed by atoms with van der Waals surface area (Å²) in [5, 5.41) is 14.7. The van der Waals surface area contributed by atoms with Crippen LogP contribution in [0, 0.1) is 0 Å². The van der Waals surface area contributed by atoms with Crippen LogP contribution >= 0.6 is 0 Å². The normalized spacial score (nSPS) is 14.8. The number of hydrogen-bond acceptors (Lipinski definition) is 6. The lowest BCUT2D eigenvalue weighted by molar-refractivity contribution is -0.139. The fourth-order valence-electron chi connectivity index (χ4n) is 4.39. The van der Waals surface area contributed by atoms with Crippen LogP contribution in [-0.4, -0.2) is 63.5 Å². The number of carboxylic acids is 1. The number of para-hydroxylation sites is 1. The zero-order valence-electron chi connectivity index (χ0n) is 18.9. The zero-order chi connectivity index (χ0) is 23.3. The number of nitrogens with zero attached hydrogens (tertiary/aromatic N) is 5. The Kier molecular flexibility index (Phi) is 6.40. The standard InChI is InChI=1S/C26H27N5O3/c32-25(33)19-34-23-16-20-6-4-10-27-26(20)24(17-23)30-12-5-11-29(14-15-30)18-21-9-13-31(28-21)22-7-2-1-3-8-22/h1-4,6-10,13,16-17H,5,11-12,14-15,18-19H2,(H,32,33). The first-order valence-corrected chi connectivity index (χ1v) is 11.5. The van der Waals surface area contributed by atoms with E-state index in [4.69, 9.17) is 14.9 Å². The van der Waals surface area contributed by atoms with Gasteiger partial charge in [0.2, 0.25) is 0 Å². The second kappa shape index (κ2) is 9.93. The highest BCUT2D eigenvalue weighted by Crippen LogP contribution is 2.31. The Labute approximate surface area is 198 Å². The van der Waals surface area contributed by atoms with Gasteiger partial charge in [-0.1, -0.05) is 24.3 Å². The highest BCUT2D eigenvalue weighted by Gasteiger charge is 2.19. The Hall–Kier alpha value is -3.91. The van der Waals surface area contributed by atoms with Crippen LogP contribution in [0.1, 0.15) is 12.1 Å². The molecule has 0 spiro atoms. The molecule has 0 saturated carbocycles. The van der Waals surface area contributed by atoms with Crippen molar-refractivity contribution in [3.8, 4) is 11.4 Å². The Morgan fingerprint density at radius 3 is 2.74 bits per heavy atom. The SMILES string of the molecule is O=C(O)COc1cc(N2CCCN(Cc3ccn(-c4ccccc4)n3)CC2)c2ncccc2c1. The summed E-state index contributed by atoms with van der Waals surface area (Å²) in [5.74, 6) is -0.446. The molecule has 4 aromatic rings. The van der Waals surface area contributed by atoms with Crippen molar-refractivity contribution in [1.29, 1.82) is 0 Å². The minimum atomic E-state index is -0.993. The first-order valence-electron chi connectivity index (χ1n) is 11.5. The Bertz CT molecular complexity index is 1270. The third-order valence-electron chi connectivity index (χ3n) is 6.00. The molecule has 1 aliphatic rings. The number of anilines is 1. The minimum absolute atomic E-state index is 0.366. The number of benzene rings is 2. The van der Waals surface area contributed by atoms with Crippen molar-refractivity contribution >= 4 is 22.6 Å². The van der Waals surface area contributed by atoms with Gasteiger partial charge in [0.25, 0.3) is 0 Å². The minimum Gasteiger partial charge on any atom is -0.482 e. The van der Waals surface area contributed by atoms with E-state index in [1.165, 1.54) is 0 Å². The first-order chi connectivity index (χ1) is 16.7. The van der Waals surface area contributed by atoms with Crippen molar-refractivity contribution in [2.75, 3.05) is 37.7 Å². The van der Waals surface area contributed by atoms with Gasteiger partial charge in [-0.25, -0.2) is 9.48 Å². The van der Waals surface area contributed by atoms with E-state index in [2.05, 4.69) is 20.9 Å². The molecule has 34 heavy (non-hydrogen) atoms. The van der Waals surface area contributed by atoms with Gasteiger partial charge >= 0.3 is 5.97 Å². The molecule has 3 heterocycles. The number of hydrogen-bond donors (Lipinski definition) is 1. The van der Waals surface area contributed by atoms with Crippen molar-refractivity contribution in [3.63, 3.8) is 0 Å². The Morgan fingerprint density at radius 2 is 1.88 bits per heavy atom. The van der Waals surface area contributed by atoms with Crippen LogP contribution in [0.15, 0.2) is 73.1 Å². The lowest BCUT2D eigenvalue weighted by Gasteiger charge is -2.25. The van der Waals surface area contributed by atoms with E-state index in [1.54, 1.807) is 6.20 Å². The smallest absolute Gasteiger partial charge is 0.341 e. The quantitative estimate of drug-likeness (QED) is 0.454. The number of carbonyl (C=O) groups is 1. The average molecular weight is 458 g/mol. The maximum absolute atomic E-state index is 11.0. The van der Waals surface area contributed by atoms with Crippen molar-refractivity contribution in [2.45, 2.75) is 13.0 Å². The molecular formula is C26H27N5O3. The van der Waals surface area contributed by atoms with Crippen LogP contribution in [0.4, 0.5) is 5.69 Å². The van der Waals surface area contributed by atoms with Gasteiger partial charge in [-0.15, -0.1) is 0 Å². The molecule has 0 amide bonds. The third-order valence-corrected chi connectivity index (χ3v) is 6.00. The molecule has 5 rings (SSSR count). The van der Waals surface area contributed by atoms with E-state index in [-0.39, 0.29) is 6.61 Å². The predicted octanol–water partition coefficient (Wildman–Crippen LogP) is 3.60. The number of aromatic nitrogens is 3. The van der Waals surface area contributed by atoms with Crippen LogP contribution in [-0.2, 0) is 11.3 Å². The average Bonchev–Trinajstić information content (AvgIpc) is 3.20. The summed E-state index contributed by atoms with van der Waals surface area (Å²) < 4.78 is 7.42. The first kappa shape index (κ1) is 21.9. The van der Waals surface area contributed by atoms with Gasteiger partial charge in [-0.3, -0.25) is 9.88 Å². The molecule has 2 aromatic heterocycles. The van der Waals surface area contributed by atoms with E-state index in [1.807, 2.05) is 65.5 Å². The fraction of sp³-hybridized carbons (Fsp3) is 0.269.